The van der Waals surface area contributed by atoms with E-state index in [0.29, 0.717) is 22.9 Å². The van der Waals surface area contributed by atoms with Gasteiger partial charge in [0.2, 0.25) is 5.91 Å². The van der Waals surface area contributed by atoms with E-state index in [1.807, 2.05) is 31.2 Å². The summed E-state index contributed by atoms with van der Waals surface area (Å²) in [6, 6.07) is 10.4. The number of thiophene rings is 1. The number of aryl methyl sites for hydroxylation is 1. The van der Waals surface area contributed by atoms with Crippen molar-refractivity contribution in [1.29, 1.82) is 5.26 Å². The number of nitrogens with one attached hydrogen (secondary N) is 1. The maximum atomic E-state index is 13.0. The zero-order chi connectivity index (χ0) is 21.6. The molecule has 4 rings (SSSR count). The number of nitriles is 1. The van der Waals surface area contributed by atoms with Crippen LogP contribution in [0.15, 0.2) is 36.4 Å². The Bertz CT molecular complexity index is 1080. The van der Waals surface area contributed by atoms with Gasteiger partial charge in [-0.3, -0.25) is 4.79 Å². The van der Waals surface area contributed by atoms with Gasteiger partial charge in [0.15, 0.2) is 0 Å². The first kappa shape index (κ1) is 20.4. The predicted molar refractivity (Wildman–Crippen MR) is 115 cm³/mol. The van der Waals surface area contributed by atoms with E-state index in [1.165, 1.54) is 16.9 Å². The summed E-state index contributed by atoms with van der Waals surface area (Å²) in [5.41, 5.74) is 3.39. The molecule has 1 amide bonds. The molecule has 154 valence electrons. The van der Waals surface area contributed by atoms with Crippen LogP contribution < -0.4 is 10.4 Å². The van der Waals surface area contributed by atoms with E-state index in [0.717, 1.165) is 16.0 Å². The number of carbonyl (C=O) groups is 2. The standard InChI is InChI=1S/C24H24N2O3S/c1-12(2)14-4-6-15(7-5-14)19-13(3)30-23(18(19)11-25)26-22(27)20-16-8-9-17(10-16)21(20)24(28)29/h4-9,12,16-17,20-21H,10H2,1-3H3,(H,26,27)(H,28,29)/p-1/t16-,17+,20-,21+/m1/s1. The molecule has 4 atom stereocenters. The number of carbonyl (C=O) groups excluding carboxylic acids is 2. The molecular formula is C24H23N2O3S-. The number of rotatable bonds is 5. The number of aliphatic carboxylic acids is 1. The molecule has 2 aliphatic rings. The van der Waals surface area contributed by atoms with Crippen LogP contribution in [0.5, 0.6) is 0 Å². The average Bonchev–Trinajstić information content (AvgIpc) is 3.40. The van der Waals surface area contributed by atoms with Gasteiger partial charge in [-0.1, -0.05) is 50.3 Å². The Labute approximate surface area is 180 Å². The van der Waals surface area contributed by atoms with Crippen molar-refractivity contribution in [2.24, 2.45) is 23.7 Å². The van der Waals surface area contributed by atoms with E-state index >= 15 is 0 Å². The van der Waals surface area contributed by atoms with E-state index in [1.54, 1.807) is 0 Å². The van der Waals surface area contributed by atoms with Crippen LogP contribution >= 0.6 is 11.3 Å². The quantitative estimate of drug-likeness (QED) is 0.745. The molecule has 1 N–H and O–H groups in total. The molecule has 6 heteroatoms. The molecule has 1 aromatic heterocycles. The molecule has 0 saturated heterocycles. The fourth-order valence-corrected chi connectivity index (χ4v) is 5.85. The molecule has 0 radical (unpaired) electrons. The number of amides is 1. The second kappa shape index (κ2) is 7.73. The van der Waals surface area contributed by atoms with Crippen LogP contribution in [0.25, 0.3) is 11.1 Å². The minimum atomic E-state index is -1.18. The van der Waals surface area contributed by atoms with Crippen LogP contribution in [0.1, 0.15) is 42.2 Å². The van der Waals surface area contributed by atoms with Crippen LogP contribution in [-0.2, 0) is 9.59 Å². The van der Waals surface area contributed by atoms with Crippen molar-refractivity contribution in [3.63, 3.8) is 0 Å². The third-order valence-electron chi connectivity index (χ3n) is 6.33. The minimum absolute atomic E-state index is 0.0902. The van der Waals surface area contributed by atoms with Crippen LogP contribution in [0.2, 0.25) is 0 Å². The molecule has 2 aliphatic carbocycles. The van der Waals surface area contributed by atoms with E-state index in [2.05, 4.69) is 37.4 Å². The number of hydrogen-bond donors (Lipinski definition) is 1. The summed E-state index contributed by atoms with van der Waals surface area (Å²) < 4.78 is 0. The van der Waals surface area contributed by atoms with Gasteiger partial charge in [-0.15, -0.1) is 11.3 Å². The third-order valence-corrected chi connectivity index (χ3v) is 7.35. The predicted octanol–water partition coefficient (Wildman–Crippen LogP) is 3.85. The summed E-state index contributed by atoms with van der Waals surface area (Å²) in [4.78, 5) is 25.6. The second-order valence-electron chi connectivity index (χ2n) is 8.43. The SMILES string of the molecule is Cc1sc(NC(=O)[C@H]2[C@@H](C(=O)[O-])[C@H]3C=C[C@@H]2C3)c(C#N)c1-c1ccc(C(C)C)cc1. The Balaban J connectivity index is 1.64. The minimum Gasteiger partial charge on any atom is -0.550 e. The van der Waals surface area contributed by atoms with Crippen molar-refractivity contribution >= 4 is 28.2 Å². The molecule has 2 aromatic rings. The molecule has 0 spiro atoms. The third kappa shape index (κ3) is 3.33. The number of allylic oxidation sites excluding steroid dienone is 2. The Kier molecular flexibility index (Phi) is 5.25. The molecule has 1 heterocycles. The normalized spacial score (nSPS) is 24.2. The maximum absolute atomic E-state index is 13.0. The highest BCUT2D eigenvalue weighted by atomic mass is 32.1. The first-order valence-electron chi connectivity index (χ1n) is 10.2. The van der Waals surface area contributed by atoms with Gasteiger partial charge in [-0.25, -0.2) is 0 Å². The highest BCUT2D eigenvalue weighted by molar-refractivity contribution is 7.17. The topological polar surface area (TPSA) is 93.0 Å². The lowest BCUT2D eigenvalue weighted by atomic mass is 9.82. The van der Waals surface area contributed by atoms with Gasteiger partial charge >= 0.3 is 0 Å². The monoisotopic (exact) mass is 419 g/mol. The molecule has 1 saturated carbocycles. The van der Waals surface area contributed by atoms with Gasteiger partial charge in [-0.05, 0) is 42.2 Å². The number of nitrogens with zero attached hydrogens (tertiary/aromatic N) is 1. The first-order valence-corrected chi connectivity index (χ1v) is 11.0. The number of carboxylic acids is 1. The number of carboxylic acid groups (broad SMARTS) is 1. The molecule has 0 unspecified atom stereocenters. The van der Waals surface area contributed by atoms with Crippen molar-refractivity contribution in [2.45, 2.75) is 33.1 Å². The lowest BCUT2D eigenvalue weighted by Crippen LogP contribution is -2.42. The summed E-state index contributed by atoms with van der Waals surface area (Å²) in [5.74, 6) is -2.82. The van der Waals surface area contributed by atoms with Crippen molar-refractivity contribution in [1.82, 2.24) is 0 Å². The summed E-state index contributed by atoms with van der Waals surface area (Å²) in [6.45, 7) is 6.19. The Hall–Kier alpha value is -2.91. The highest BCUT2D eigenvalue weighted by Gasteiger charge is 2.48. The summed E-state index contributed by atoms with van der Waals surface area (Å²) in [6.07, 6.45) is 4.48. The molecule has 1 fully saturated rings. The first-order chi connectivity index (χ1) is 14.3. The number of fused-ring (bicyclic) bond motifs is 2. The summed E-state index contributed by atoms with van der Waals surface area (Å²) >= 11 is 1.35. The van der Waals surface area contributed by atoms with E-state index in [-0.39, 0.29) is 17.7 Å². The zero-order valence-electron chi connectivity index (χ0n) is 17.1. The molecule has 1 aromatic carbocycles. The van der Waals surface area contributed by atoms with Gasteiger partial charge in [0.1, 0.15) is 11.1 Å². The van der Waals surface area contributed by atoms with E-state index in [4.69, 9.17) is 0 Å². The van der Waals surface area contributed by atoms with Crippen molar-refractivity contribution in [3.05, 3.63) is 52.4 Å². The molecule has 0 aliphatic heterocycles. The van der Waals surface area contributed by atoms with Crippen LogP contribution in [0, 0.1) is 41.9 Å². The number of hydrogen-bond acceptors (Lipinski definition) is 5. The van der Waals surface area contributed by atoms with Crippen LogP contribution in [0.4, 0.5) is 5.00 Å². The Morgan fingerprint density at radius 3 is 2.37 bits per heavy atom. The van der Waals surface area contributed by atoms with Gasteiger partial charge in [0, 0.05) is 22.3 Å². The second-order valence-corrected chi connectivity index (χ2v) is 9.66. The van der Waals surface area contributed by atoms with Crippen LogP contribution in [-0.4, -0.2) is 11.9 Å². The lowest BCUT2D eigenvalue weighted by molar-refractivity contribution is -0.313. The number of anilines is 1. The van der Waals surface area contributed by atoms with Crippen LogP contribution in [0.3, 0.4) is 0 Å². The van der Waals surface area contributed by atoms with Gasteiger partial charge in [-0.2, -0.15) is 5.26 Å². The van der Waals surface area contributed by atoms with Gasteiger partial charge in [0.05, 0.1) is 11.5 Å². The van der Waals surface area contributed by atoms with Crippen molar-refractivity contribution < 1.29 is 14.7 Å². The molecule has 5 nitrogen and oxygen atoms in total. The lowest BCUT2D eigenvalue weighted by Gasteiger charge is -2.27. The fraction of sp³-hybridized carbons (Fsp3) is 0.375. The average molecular weight is 420 g/mol. The molecule has 2 bridgehead atoms. The zero-order valence-corrected chi connectivity index (χ0v) is 18.0. The summed E-state index contributed by atoms with van der Waals surface area (Å²) in [5, 5.41) is 24.8. The number of benzene rings is 1. The van der Waals surface area contributed by atoms with Crippen molar-refractivity contribution in [3.8, 4) is 17.2 Å². The molecule has 30 heavy (non-hydrogen) atoms. The molecular weight excluding hydrogens is 396 g/mol. The van der Waals surface area contributed by atoms with Gasteiger partial charge < -0.3 is 15.2 Å². The Morgan fingerprint density at radius 1 is 1.17 bits per heavy atom. The largest absolute Gasteiger partial charge is 0.550 e. The highest BCUT2D eigenvalue weighted by Crippen LogP contribution is 2.49. The van der Waals surface area contributed by atoms with E-state index in [9.17, 15) is 20.0 Å². The smallest absolute Gasteiger partial charge is 0.229 e. The van der Waals surface area contributed by atoms with Gasteiger partial charge in [0.25, 0.3) is 0 Å². The maximum Gasteiger partial charge on any atom is 0.229 e. The van der Waals surface area contributed by atoms with E-state index < -0.39 is 17.8 Å². The Morgan fingerprint density at radius 2 is 1.80 bits per heavy atom. The van der Waals surface area contributed by atoms with Crippen molar-refractivity contribution in [2.75, 3.05) is 5.32 Å². The summed E-state index contributed by atoms with van der Waals surface area (Å²) in [7, 11) is 0. The fourth-order valence-electron chi connectivity index (χ4n) is 4.82.